The number of hydrogen-bond donors (Lipinski definition) is 1. The second-order valence-electron chi connectivity index (χ2n) is 12.0. The van der Waals surface area contributed by atoms with Gasteiger partial charge in [0.2, 0.25) is 0 Å². The Morgan fingerprint density at radius 3 is 1.59 bits per heavy atom. The zero-order valence-electron chi connectivity index (χ0n) is 25.3. The minimum absolute atomic E-state index is 0.0323. The Hall–Kier alpha value is -1.11. The maximum Gasteiger partial charge on any atom is 0.146 e. The predicted octanol–water partition coefficient (Wildman–Crippen LogP) is 6.42. The van der Waals surface area contributed by atoms with Gasteiger partial charge < -0.3 is 20.0 Å². The lowest BCUT2D eigenvalue weighted by molar-refractivity contribution is -0.138. The van der Waals surface area contributed by atoms with E-state index in [9.17, 15) is 14.4 Å². The van der Waals surface area contributed by atoms with Gasteiger partial charge in [0.15, 0.2) is 0 Å². The van der Waals surface area contributed by atoms with Crippen LogP contribution in [0, 0.1) is 35.5 Å². The van der Waals surface area contributed by atoms with Gasteiger partial charge >= 0.3 is 0 Å². The number of carbonyl (C=O) groups is 3. The molecular weight excluding hydrogens is 466 g/mol. The Morgan fingerprint density at radius 1 is 0.865 bits per heavy atom. The summed E-state index contributed by atoms with van der Waals surface area (Å²) in [5.41, 5.74) is 4.93. The minimum atomic E-state index is -0.158. The van der Waals surface area contributed by atoms with Gasteiger partial charge in [-0.15, -0.1) is 0 Å². The monoisotopic (exact) mass is 525 g/mol. The van der Waals surface area contributed by atoms with Gasteiger partial charge in [-0.05, 0) is 55.8 Å². The number of carbonyl (C=O) groups excluding carboxylic acids is 3. The highest BCUT2D eigenvalue weighted by atomic mass is 16.5. The summed E-state index contributed by atoms with van der Waals surface area (Å²) in [4.78, 5) is 35.2. The molecule has 2 N–H and O–H groups in total. The van der Waals surface area contributed by atoms with Crippen LogP contribution in [0.15, 0.2) is 0 Å². The number of hydrogen-bond acceptors (Lipinski definition) is 6. The molecule has 2 saturated carbocycles. The highest BCUT2D eigenvalue weighted by molar-refractivity contribution is 5.84. The molecule has 0 aliphatic heterocycles. The summed E-state index contributed by atoms with van der Waals surface area (Å²) in [5.74, 6) is 2.00. The number of aldehydes is 1. The van der Waals surface area contributed by atoms with Crippen molar-refractivity contribution in [2.75, 3.05) is 20.8 Å². The third-order valence-electron chi connectivity index (χ3n) is 7.46. The van der Waals surface area contributed by atoms with Gasteiger partial charge in [-0.2, -0.15) is 0 Å². The van der Waals surface area contributed by atoms with Crippen LogP contribution in [0.2, 0.25) is 0 Å². The van der Waals surface area contributed by atoms with Crippen LogP contribution in [0.3, 0.4) is 0 Å². The van der Waals surface area contributed by atoms with Gasteiger partial charge in [-0.25, -0.2) is 0 Å². The van der Waals surface area contributed by atoms with Crippen molar-refractivity contribution in [3.63, 3.8) is 0 Å². The molecule has 0 spiro atoms. The molecule has 0 amide bonds. The second kappa shape index (κ2) is 20.8. The summed E-state index contributed by atoms with van der Waals surface area (Å²) in [6, 6.07) is 0. The van der Waals surface area contributed by atoms with Crippen molar-refractivity contribution in [3.8, 4) is 0 Å². The highest BCUT2D eigenvalue weighted by Gasteiger charge is 2.44. The summed E-state index contributed by atoms with van der Waals surface area (Å²) < 4.78 is 11.7. The summed E-state index contributed by atoms with van der Waals surface area (Å²) in [7, 11) is 3.57. The van der Waals surface area contributed by atoms with Gasteiger partial charge in [0, 0.05) is 38.9 Å². The quantitative estimate of drug-likeness (QED) is 0.295. The first-order chi connectivity index (χ1) is 17.6. The topological polar surface area (TPSA) is 95.7 Å². The first kappa shape index (κ1) is 35.9. The van der Waals surface area contributed by atoms with E-state index in [1.807, 2.05) is 0 Å². The smallest absolute Gasteiger partial charge is 0.146 e. The molecule has 6 nitrogen and oxygen atoms in total. The Labute approximate surface area is 228 Å². The zero-order chi connectivity index (χ0) is 28.4. The van der Waals surface area contributed by atoms with E-state index < -0.39 is 0 Å². The molecule has 218 valence electrons. The van der Waals surface area contributed by atoms with Crippen molar-refractivity contribution in [1.82, 2.24) is 0 Å². The standard InChI is InChI=1S/C23H40O4.C4H9NO.C4H10/c1-16(2)13-17(15-24)14-20(25)23(18-9-5-7-11-21(18)26-3)19-10-6-8-12-22(19)27-4;1-2-4(6)3-5;1-4(2)3/h15-19,21-23H,5-14H2,1-4H3;2-3,5H2,1H3;4H,1-3H3. The normalized spacial score (nSPS) is 25.3. The summed E-state index contributed by atoms with van der Waals surface area (Å²) >= 11 is 0. The molecule has 0 aromatic carbocycles. The molecule has 37 heavy (non-hydrogen) atoms. The van der Waals surface area contributed by atoms with Crippen LogP contribution in [0.1, 0.15) is 112 Å². The molecule has 0 saturated heterocycles. The third kappa shape index (κ3) is 14.6. The summed E-state index contributed by atoms with van der Waals surface area (Å²) in [6.07, 6.45) is 11.9. The molecule has 0 bridgehead atoms. The van der Waals surface area contributed by atoms with Crippen LogP contribution in [-0.2, 0) is 23.9 Å². The van der Waals surface area contributed by atoms with Gasteiger partial charge in [0.25, 0.3) is 0 Å². The Morgan fingerprint density at radius 2 is 1.30 bits per heavy atom. The van der Waals surface area contributed by atoms with Crippen molar-refractivity contribution >= 4 is 17.9 Å². The molecule has 2 aliphatic rings. The van der Waals surface area contributed by atoms with Crippen LogP contribution in [0.5, 0.6) is 0 Å². The first-order valence-electron chi connectivity index (χ1n) is 14.8. The van der Waals surface area contributed by atoms with Crippen molar-refractivity contribution in [2.24, 2.45) is 41.2 Å². The maximum absolute atomic E-state index is 13.5. The van der Waals surface area contributed by atoms with Crippen molar-refractivity contribution in [2.45, 2.75) is 124 Å². The summed E-state index contributed by atoms with van der Waals surface area (Å²) in [6.45, 7) is 12.7. The number of nitrogens with two attached hydrogens (primary N) is 1. The number of ketones is 2. The van der Waals surface area contributed by atoms with Crippen LogP contribution in [0.25, 0.3) is 0 Å². The SMILES string of the molecule is CC(C)C.CCC(=O)CN.COC1CCCCC1C(C(=O)CC(C=O)CC(C)C)C1CCCCC1OC. The van der Waals surface area contributed by atoms with E-state index in [1.54, 1.807) is 21.1 Å². The van der Waals surface area contributed by atoms with Gasteiger partial charge in [-0.1, -0.05) is 67.2 Å². The fourth-order valence-electron chi connectivity index (χ4n) is 5.78. The third-order valence-corrected chi connectivity index (χ3v) is 7.46. The van der Waals surface area contributed by atoms with Gasteiger partial charge in [-0.3, -0.25) is 9.59 Å². The van der Waals surface area contributed by atoms with Crippen molar-refractivity contribution in [1.29, 1.82) is 0 Å². The van der Waals surface area contributed by atoms with E-state index in [0.717, 1.165) is 44.3 Å². The van der Waals surface area contributed by atoms with Gasteiger partial charge in [0.1, 0.15) is 17.9 Å². The minimum Gasteiger partial charge on any atom is -0.381 e. The summed E-state index contributed by atoms with van der Waals surface area (Å²) in [5, 5.41) is 0. The molecule has 2 aliphatic carbocycles. The molecule has 0 aromatic rings. The number of Topliss-reactive ketones (excluding diaryl/α,β-unsaturated/α-hetero) is 2. The fourth-order valence-corrected chi connectivity index (χ4v) is 5.78. The molecule has 0 heterocycles. The average Bonchev–Trinajstić information content (AvgIpc) is 2.88. The van der Waals surface area contributed by atoms with E-state index in [4.69, 9.17) is 15.2 Å². The van der Waals surface area contributed by atoms with E-state index in [2.05, 4.69) is 34.6 Å². The maximum atomic E-state index is 13.5. The fraction of sp³-hybridized carbons (Fsp3) is 0.903. The molecule has 0 aromatic heterocycles. The molecule has 2 fully saturated rings. The van der Waals surface area contributed by atoms with Crippen LogP contribution in [-0.4, -0.2) is 50.8 Å². The molecule has 5 atom stereocenters. The molecule has 2 rings (SSSR count). The predicted molar refractivity (Wildman–Crippen MR) is 152 cm³/mol. The van der Waals surface area contributed by atoms with Crippen molar-refractivity contribution in [3.05, 3.63) is 0 Å². The van der Waals surface area contributed by atoms with E-state index >= 15 is 0 Å². The highest BCUT2D eigenvalue weighted by Crippen LogP contribution is 2.43. The van der Waals surface area contributed by atoms with E-state index in [0.29, 0.717) is 18.8 Å². The van der Waals surface area contributed by atoms with E-state index in [-0.39, 0.29) is 54.0 Å². The number of ether oxygens (including phenoxy) is 2. The second-order valence-corrected chi connectivity index (χ2v) is 12.0. The first-order valence-corrected chi connectivity index (χ1v) is 14.8. The lowest BCUT2D eigenvalue weighted by Gasteiger charge is -2.43. The van der Waals surface area contributed by atoms with Crippen molar-refractivity contribution < 1.29 is 23.9 Å². The molecule has 5 unspecified atom stereocenters. The largest absolute Gasteiger partial charge is 0.381 e. The Kier molecular flexibility index (Phi) is 20.2. The van der Waals surface area contributed by atoms with Crippen LogP contribution >= 0.6 is 0 Å². The Balaban J connectivity index is 0.00000110. The average molecular weight is 526 g/mol. The lowest BCUT2D eigenvalue weighted by Crippen LogP contribution is -2.45. The zero-order valence-corrected chi connectivity index (χ0v) is 25.3. The Bertz CT molecular complexity index is 588. The number of methoxy groups -OCH3 is 2. The molecule has 0 radical (unpaired) electrons. The lowest BCUT2D eigenvalue weighted by atomic mass is 9.65. The molecule has 6 heteroatoms. The number of rotatable bonds is 12. The van der Waals surface area contributed by atoms with Gasteiger partial charge in [0.05, 0.1) is 18.8 Å². The molecular formula is C31H59NO5. The van der Waals surface area contributed by atoms with Crippen LogP contribution in [0.4, 0.5) is 0 Å². The van der Waals surface area contributed by atoms with E-state index in [1.165, 1.54) is 25.7 Å². The van der Waals surface area contributed by atoms with Crippen LogP contribution < -0.4 is 5.73 Å².